The van der Waals surface area contributed by atoms with Crippen molar-refractivity contribution < 1.29 is 5.11 Å². The van der Waals surface area contributed by atoms with Crippen molar-refractivity contribution in [2.24, 2.45) is 0 Å². The fraction of sp³-hybridized carbons (Fsp3) is 0.200. The van der Waals surface area contributed by atoms with Crippen LogP contribution >= 0.6 is 0 Å². The molecule has 0 aliphatic heterocycles. The van der Waals surface area contributed by atoms with Crippen molar-refractivity contribution in [3.8, 4) is 0 Å². The topological polar surface area (TPSA) is 20.2 Å². The molecule has 0 saturated carbocycles. The zero-order chi connectivity index (χ0) is 7.73. The molecule has 0 fully saturated rings. The summed E-state index contributed by atoms with van der Waals surface area (Å²) >= 11 is 0. The lowest BCUT2D eigenvalue weighted by atomic mass is 9.85. The smallest absolute Gasteiger partial charge is 0.126 e. The van der Waals surface area contributed by atoms with Crippen LogP contribution in [0, 0.1) is 0 Å². The predicted octanol–water partition coefficient (Wildman–Crippen LogP) is 1.73. The van der Waals surface area contributed by atoms with E-state index in [0.29, 0.717) is 0 Å². The molecular formula is C10H10O. The van der Waals surface area contributed by atoms with E-state index >= 15 is 0 Å². The van der Waals surface area contributed by atoms with Crippen LogP contribution in [-0.2, 0) is 0 Å². The van der Waals surface area contributed by atoms with Gasteiger partial charge in [0.1, 0.15) is 5.60 Å². The van der Waals surface area contributed by atoms with Gasteiger partial charge in [-0.25, -0.2) is 0 Å². The molecule has 0 aromatic heterocycles. The maximum absolute atomic E-state index is 9.90. The first-order valence-electron chi connectivity index (χ1n) is 3.78. The van der Waals surface area contributed by atoms with Gasteiger partial charge in [0, 0.05) is 0 Å². The lowest BCUT2D eigenvalue weighted by Crippen LogP contribution is -2.27. The van der Waals surface area contributed by atoms with Gasteiger partial charge in [-0.05, 0) is 24.1 Å². The molecule has 2 aliphatic rings. The van der Waals surface area contributed by atoms with Gasteiger partial charge in [-0.3, -0.25) is 0 Å². The maximum Gasteiger partial charge on any atom is 0.126 e. The third-order valence-electron chi connectivity index (χ3n) is 2.05. The van der Waals surface area contributed by atoms with E-state index in [9.17, 15) is 5.11 Å². The molecule has 0 heterocycles. The largest absolute Gasteiger partial charge is 0.377 e. The van der Waals surface area contributed by atoms with Crippen LogP contribution in [0.1, 0.15) is 6.42 Å². The first-order chi connectivity index (χ1) is 5.31. The molecule has 56 valence electrons. The second-order valence-electron chi connectivity index (χ2n) is 2.84. The van der Waals surface area contributed by atoms with Gasteiger partial charge in [-0.1, -0.05) is 30.4 Å². The van der Waals surface area contributed by atoms with E-state index in [4.69, 9.17) is 0 Å². The van der Waals surface area contributed by atoms with Crippen molar-refractivity contribution in [1.82, 2.24) is 0 Å². The predicted molar refractivity (Wildman–Crippen MR) is 45.1 cm³/mol. The molecule has 1 heteroatoms. The highest BCUT2D eigenvalue weighted by Crippen LogP contribution is 2.28. The van der Waals surface area contributed by atoms with Crippen molar-refractivity contribution in [3.63, 3.8) is 0 Å². The summed E-state index contributed by atoms with van der Waals surface area (Å²) < 4.78 is 0. The summed E-state index contributed by atoms with van der Waals surface area (Å²) in [5.74, 6) is 0. The van der Waals surface area contributed by atoms with Crippen molar-refractivity contribution in [2.75, 3.05) is 0 Å². The Balaban J connectivity index is 2.45. The summed E-state index contributed by atoms with van der Waals surface area (Å²) in [7, 11) is 0. The Hall–Kier alpha value is -1.08. The fourth-order valence-corrected chi connectivity index (χ4v) is 1.42. The first-order valence-corrected chi connectivity index (χ1v) is 3.78. The minimum absolute atomic E-state index is 0.812. The molecule has 2 rings (SSSR count). The Labute approximate surface area is 66.0 Å². The van der Waals surface area contributed by atoms with E-state index in [-0.39, 0.29) is 0 Å². The standard InChI is InChI=1S/C10H10O/c11-10-7-3-1-5-9(10)6-2-4-8-10/h1,3-8,11H,2H2. The summed E-state index contributed by atoms with van der Waals surface area (Å²) in [6.45, 7) is 0. The lowest BCUT2D eigenvalue weighted by molar-refractivity contribution is 0.182. The van der Waals surface area contributed by atoms with E-state index in [2.05, 4.69) is 0 Å². The zero-order valence-electron chi connectivity index (χ0n) is 6.20. The molecule has 1 atom stereocenters. The summed E-state index contributed by atoms with van der Waals surface area (Å²) in [5.41, 5.74) is 0.176. The molecule has 0 amide bonds. The zero-order valence-corrected chi connectivity index (χ0v) is 6.20. The van der Waals surface area contributed by atoms with Gasteiger partial charge in [0.2, 0.25) is 0 Å². The van der Waals surface area contributed by atoms with Crippen molar-refractivity contribution in [2.45, 2.75) is 12.0 Å². The second-order valence-corrected chi connectivity index (χ2v) is 2.84. The lowest BCUT2D eigenvalue weighted by Gasteiger charge is -2.26. The summed E-state index contributed by atoms with van der Waals surface area (Å²) in [6, 6.07) is 0. The number of aliphatic hydroxyl groups is 1. The Bertz CT molecular complexity index is 281. The molecule has 0 spiro atoms. The van der Waals surface area contributed by atoms with E-state index in [1.807, 2.05) is 36.5 Å². The number of fused-ring (bicyclic) bond motifs is 1. The van der Waals surface area contributed by atoms with Crippen LogP contribution in [-0.4, -0.2) is 10.7 Å². The quantitative estimate of drug-likeness (QED) is 0.516. The Morgan fingerprint density at radius 1 is 1.27 bits per heavy atom. The van der Waals surface area contributed by atoms with Gasteiger partial charge in [-0.15, -0.1) is 0 Å². The van der Waals surface area contributed by atoms with E-state index < -0.39 is 5.60 Å². The third kappa shape index (κ3) is 0.976. The number of hydrogen-bond donors (Lipinski definition) is 1. The minimum Gasteiger partial charge on any atom is -0.377 e. The van der Waals surface area contributed by atoms with Crippen LogP contribution in [0.2, 0.25) is 0 Å². The molecule has 0 radical (unpaired) electrons. The Morgan fingerprint density at radius 2 is 2.18 bits per heavy atom. The van der Waals surface area contributed by atoms with Gasteiger partial charge < -0.3 is 5.11 Å². The SMILES string of the molecule is OC12C=CC=CC1=CCC=C2. The number of hydrogen-bond acceptors (Lipinski definition) is 1. The van der Waals surface area contributed by atoms with Gasteiger partial charge in [0.15, 0.2) is 0 Å². The van der Waals surface area contributed by atoms with E-state index in [1.54, 1.807) is 6.08 Å². The van der Waals surface area contributed by atoms with Gasteiger partial charge >= 0.3 is 0 Å². The van der Waals surface area contributed by atoms with E-state index in [1.165, 1.54) is 0 Å². The Kier molecular flexibility index (Phi) is 1.33. The molecule has 1 unspecified atom stereocenters. The van der Waals surface area contributed by atoms with Crippen molar-refractivity contribution in [1.29, 1.82) is 0 Å². The molecule has 1 N–H and O–H groups in total. The van der Waals surface area contributed by atoms with E-state index in [0.717, 1.165) is 12.0 Å². The van der Waals surface area contributed by atoms with Crippen LogP contribution in [0.5, 0.6) is 0 Å². The normalized spacial score (nSPS) is 33.4. The third-order valence-corrected chi connectivity index (χ3v) is 2.05. The molecule has 0 aromatic carbocycles. The Morgan fingerprint density at radius 3 is 3.00 bits per heavy atom. The average molecular weight is 146 g/mol. The highest BCUT2D eigenvalue weighted by molar-refractivity contribution is 5.47. The van der Waals surface area contributed by atoms with Crippen LogP contribution in [0.4, 0.5) is 0 Å². The monoisotopic (exact) mass is 146 g/mol. The van der Waals surface area contributed by atoms with Gasteiger partial charge in [0.05, 0.1) is 0 Å². The second kappa shape index (κ2) is 2.21. The molecule has 2 aliphatic carbocycles. The highest BCUT2D eigenvalue weighted by Gasteiger charge is 2.26. The van der Waals surface area contributed by atoms with Crippen LogP contribution in [0.15, 0.2) is 48.1 Å². The van der Waals surface area contributed by atoms with Crippen molar-refractivity contribution in [3.05, 3.63) is 48.1 Å². The van der Waals surface area contributed by atoms with Crippen molar-refractivity contribution >= 4 is 0 Å². The highest BCUT2D eigenvalue weighted by atomic mass is 16.3. The molecule has 11 heavy (non-hydrogen) atoms. The average Bonchev–Trinajstić information content (AvgIpc) is 2.03. The van der Waals surface area contributed by atoms with Gasteiger partial charge in [0.25, 0.3) is 0 Å². The summed E-state index contributed by atoms with van der Waals surface area (Å²) in [5, 5.41) is 9.90. The first kappa shape index (κ1) is 6.62. The molecule has 0 bridgehead atoms. The molecule has 0 saturated heterocycles. The van der Waals surface area contributed by atoms with Crippen LogP contribution in [0.3, 0.4) is 0 Å². The van der Waals surface area contributed by atoms with Crippen LogP contribution in [0.25, 0.3) is 0 Å². The number of allylic oxidation sites excluding steroid dienone is 4. The molecule has 1 nitrogen and oxygen atoms in total. The van der Waals surface area contributed by atoms with Crippen LogP contribution < -0.4 is 0 Å². The summed E-state index contributed by atoms with van der Waals surface area (Å²) in [4.78, 5) is 0. The summed E-state index contributed by atoms with van der Waals surface area (Å²) in [6.07, 6.45) is 14.3. The molecule has 0 aromatic rings. The minimum atomic E-state index is -0.812. The maximum atomic E-state index is 9.90. The number of rotatable bonds is 0. The fourth-order valence-electron chi connectivity index (χ4n) is 1.42. The molecular weight excluding hydrogens is 136 g/mol. The van der Waals surface area contributed by atoms with Gasteiger partial charge in [-0.2, -0.15) is 0 Å².